The fourth-order valence-corrected chi connectivity index (χ4v) is 1.80. The van der Waals surface area contributed by atoms with Crippen LogP contribution in [0.25, 0.3) is 10.8 Å². The molecule has 0 amide bonds. The lowest BCUT2D eigenvalue weighted by molar-refractivity contribution is -0.138. The molecular formula is C13H11FO2. The van der Waals surface area contributed by atoms with Crippen molar-refractivity contribution in [1.29, 1.82) is 0 Å². The van der Waals surface area contributed by atoms with Crippen molar-refractivity contribution in [2.24, 2.45) is 0 Å². The fourth-order valence-electron chi connectivity index (χ4n) is 1.80. The summed E-state index contributed by atoms with van der Waals surface area (Å²) in [7, 11) is 0. The third-order valence-electron chi connectivity index (χ3n) is 2.74. The molecule has 0 heterocycles. The number of carboxylic acid groups (broad SMARTS) is 1. The molecule has 0 bridgehead atoms. The van der Waals surface area contributed by atoms with E-state index < -0.39 is 11.9 Å². The molecule has 2 aromatic carbocycles. The second-order valence-corrected chi connectivity index (χ2v) is 3.74. The van der Waals surface area contributed by atoms with E-state index in [2.05, 4.69) is 0 Å². The average Bonchev–Trinajstić information content (AvgIpc) is 2.29. The van der Waals surface area contributed by atoms with Crippen LogP contribution in [-0.2, 0) is 4.79 Å². The topological polar surface area (TPSA) is 37.3 Å². The predicted octanol–water partition coefficient (Wildman–Crippen LogP) is 3.17. The first kappa shape index (κ1) is 10.6. The minimum atomic E-state index is -0.906. The van der Waals surface area contributed by atoms with E-state index in [1.807, 2.05) is 0 Å². The Morgan fingerprint density at radius 3 is 2.44 bits per heavy atom. The summed E-state index contributed by atoms with van der Waals surface area (Å²) in [6, 6.07) is 9.77. The first-order chi connectivity index (χ1) is 7.61. The van der Waals surface area contributed by atoms with Crippen LogP contribution in [0.4, 0.5) is 4.39 Å². The summed E-state index contributed by atoms with van der Waals surface area (Å²) in [5, 5.41) is 10.1. The number of carboxylic acids is 1. The van der Waals surface area contributed by atoms with E-state index in [9.17, 15) is 9.18 Å². The summed E-state index contributed by atoms with van der Waals surface area (Å²) < 4.78 is 13.5. The van der Waals surface area contributed by atoms with E-state index in [1.165, 1.54) is 12.1 Å². The zero-order chi connectivity index (χ0) is 11.7. The molecule has 3 heteroatoms. The van der Waals surface area contributed by atoms with Gasteiger partial charge in [-0.25, -0.2) is 4.39 Å². The molecule has 0 unspecified atom stereocenters. The van der Waals surface area contributed by atoms with Gasteiger partial charge in [0.25, 0.3) is 0 Å². The maximum absolute atomic E-state index is 13.5. The van der Waals surface area contributed by atoms with Crippen LogP contribution in [0.15, 0.2) is 36.4 Å². The van der Waals surface area contributed by atoms with Crippen LogP contribution in [0.1, 0.15) is 18.4 Å². The van der Waals surface area contributed by atoms with E-state index in [0.29, 0.717) is 16.3 Å². The van der Waals surface area contributed by atoms with Crippen LogP contribution in [0.5, 0.6) is 0 Å². The maximum Gasteiger partial charge on any atom is 0.310 e. The molecule has 2 aromatic rings. The highest BCUT2D eigenvalue weighted by Gasteiger charge is 2.17. The molecule has 1 N–H and O–H groups in total. The highest BCUT2D eigenvalue weighted by atomic mass is 19.1. The summed E-state index contributed by atoms with van der Waals surface area (Å²) in [6.45, 7) is 1.60. The van der Waals surface area contributed by atoms with Gasteiger partial charge < -0.3 is 5.11 Å². The zero-order valence-corrected chi connectivity index (χ0v) is 8.77. The monoisotopic (exact) mass is 218 g/mol. The SMILES string of the molecule is C[C@@H](C(=O)O)c1ccc(F)c2ccccc12. The minimum absolute atomic E-state index is 0.322. The molecule has 82 valence electrons. The second kappa shape index (κ2) is 3.93. The Labute approximate surface area is 92.3 Å². The number of fused-ring (bicyclic) bond motifs is 1. The lowest BCUT2D eigenvalue weighted by atomic mass is 9.95. The molecule has 0 aliphatic heterocycles. The summed E-state index contributed by atoms with van der Waals surface area (Å²) in [5.41, 5.74) is 0.643. The van der Waals surface area contributed by atoms with Crippen LogP contribution < -0.4 is 0 Å². The van der Waals surface area contributed by atoms with Crippen LogP contribution in [-0.4, -0.2) is 11.1 Å². The molecule has 0 saturated heterocycles. The average molecular weight is 218 g/mol. The first-order valence-corrected chi connectivity index (χ1v) is 5.01. The van der Waals surface area contributed by atoms with Gasteiger partial charge in [-0.2, -0.15) is 0 Å². The third kappa shape index (κ3) is 1.65. The molecular weight excluding hydrogens is 207 g/mol. The number of carbonyl (C=O) groups is 1. The highest BCUT2D eigenvalue weighted by Crippen LogP contribution is 2.27. The summed E-state index contributed by atoms with van der Waals surface area (Å²) in [5.74, 6) is -1.86. The van der Waals surface area contributed by atoms with Crippen molar-refractivity contribution in [1.82, 2.24) is 0 Å². The molecule has 0 fully saturated rings. The highest BCUT2D eigenvalue weighted by molar-refractivity contribution is 5.90. The van der Waals surface area contributed by atoms with Gasteiger partial charge in [-0.3, -0.25) is 4.79 Å². The van der Waals surface area contributed by atoms with E-state index in [1.54, 1.807) is 31.2 Å². The van der Waals surface area contributed by atoms with Gasteiger partial charge in [-0.05, 0) is 23.9 Å². The number of rotatable bonds is 2. The molecule has 0 aromatic heterocycles. The van der Waals surface area contributed by atoms with Crippen molar-refractivity contribution in [3.05, 3.63) is 47.8 Å². The van der Waals surface area contributed by atoms with Gasteiger partial charge in [-0.1, -0.05) is 30.3 Å². The Kier molecular flexibility index (Phi) is 2.60. The minimum Gasteiger partial charge on any atom is -0.481 e. The number of hydrogen-bond acceptors (Lipinski definition) is 1. The van der Waals surface area contributed by atoms with E-state index in [0.717, 1.165) is 0 Å². The zero-order valence-electron chi connectivity index (χ0n) is 8.77. The van der Waals surface area contributed by atoms with Gasteiger partial charge in [0.2, 0.25) is 0 Å². The normalized spacial score (nSPS) is 12.6. The van der Waals surface area contributed by atoms with Crippen molar-refractivity contribution in [2.75, 3.05) is 0 Å². The summed E-state index contributed by atoms with van der Waals surface area (Å²) in [6.07, 6.45) is 0. The fraction of sp³-hybridized carbons (Fsp3) is 0.154. The van der Waals surface area contributed by atoms with Gasteiger partial charge in [0.15, 0.2) is 0 Å². The molecule has 0 aliphatic rings. The summed E-state index contributed by atoms with van der Waals surface area (Å²) >= 11 is 0. The number of benzene rings is 2. The van der Waals surface area contributed by atoms with Crippen LogP contribution >= 0.6 is 0 Å². The van der Waals surface area contributed by atoms with Gasteiger partial charge in [0, 0.05) is 5.39 Å². The van der Waals surface area contributed by atoms with Gasteiger partial charge in [-0.15, -0.1) is 0 Å². The van der Waals surface area contributed by atoms with Crippen LogP contribution in [0, 0.1) is 5.82 Å². The van der Waals surface area contributed by atoms with Crippen molar-refractivity contribution < 1.29 is 14.3 Å². The van der Waals surface area contributed by atoms with Crippen molar-refractivity contribution in [3.8, 4) is 0 Å². The standard InChI is InChI=1S/C13H11FO2/c1-8(13(15)16)9-6-7-12(14)11-5-3-2-4-10(9)11/h2-8H,1H3,(H,15,16)/t8-/m1/s1. The first-order valence-electron chi connectivity index (χ1n) is 5.01. The Hall–Kier alpha value is -1.90. The lowest BCUT2D eigenvalue weighted by Gasteiger charge is -2.10. The van der Waals surface area contributed by atoms with Gasteiger partial charge in [0.05, 0.1) is 5.92 Å². The molecule has 0 radical (unpaired) electrons. The molecule has 0 aliphatic carbocycles. The Balaban J connectivity index is 2.72. The molecule has 1 atom stereocenters. The number of hydrogen-bond donors (Lipinski definition) is 1. The summed E-state index contributed by atoms with van der Waals surface area (Å²) in [4.78, 5) is 10.9. The molecule has 0 spiro atoms. The molecule has 16 heavy (non-hydrogen) atoms. The maximum atomic E-state index is 13.5. The van der Waals surface area contributed by atoms with Crippen molar-refractivity contribution in [3.63, 3.8) is 0 Å². The van der Waals surface area contributed by atoms with Crippen molar-refractivity contribution in [2.45, 2.75) is 12.8 Å². The quantitative estimate of drug-likeness (QED) is 0.840. The Morgan fingerprint density at radius 1 is 1.19 bits per heavy atom. The van der Waals surface area contributed by atoms with Gasteiger partial charge >= 0.3 is 5.97 Å². The second-order valence-electron chi connectivity index (χ2n) is 3.74. The Bertz CT molecular complexity index is 549. The van der Waals surface area contributed by atoms with Crippen LogP contribution in [0.2, 0.25) is 0 Å². The third-order valence-corrected chi connectivity index (χ3v) is 2.74. The lowest BCUT2D eigenvalue weighted by Crippen LogP contribution is -2.08. The molecule has 2 nitrogen and oxygen atoms in total. The predicted molar refractivity (Wildman–Crippen MR) is 60.0 cm³/mol. The van der Waals surface area contributed by atoms with E-state index >= 15 is 0 Å². The molecule has 0 saturated carbocycles. The Morgan fingerprint density at radius 2 is 1.81 bits per heavy atom. The van der Waals surface area contributed by atoms with E-state index in [4.69, 9.17) is 5.11 Å². The van der Waals surface area contributed by atoms with Crippen molar-refractivity contribution >= 4 is 16.7 Å². The van der Waals surface area contributed by atoms with Crippen LogP contribution in [0.3, 0.4) is 0 Å². The number of aliphatic carboxylic acids is 1. The molecule has 2 rings (SSSR count). The van der Waals surface area contributed by atoms with E-state index in [-0.39, 0.29) is 5.82 Å². The number of halogens is 1. The smallest absolute Gasteiger partial charge is 0.310 e. The van der Waals surface area contributed by atoms with Gasteiger partial charge in [0.1, 0.15) is 5.82 Å². The largest absolute Gasteiger partial charge is 0.481 e.